The van der Waals surface area contributed by atoms with E-state index in [0.29, 0.717) is 6.04 Å². The number of hydrogen-bond donors (Lipinski definition) is 1. The smallest absolute Gasteiger partial charge is 0.122 e. The first-order chi connectivity index (χ1) is 8.93. The fourth-order valence-electron chi connectivity index (χ4n) is 2.60. The third kappa shape index (κ3) is 3.10. The standard InChI is InChI=1S/C16H25NO2/c1-11-15(19-9-8-17-11)12-6-7-14(18-5)13(10-12)16(2,3)4/h6-7,10-11,15,17H,8-9H2,1-5H3. The molecule has 3 nitrogen and oxygen atoms in total. The summed E-state index contributed by atoms with van der Waals surface area (Å²) in [5, 5.41) is 3.46. The molecule has 1 N–H and O–H groups in total. The van der Waals surface area contributed by atoms with Crippen molar-refractivity contribution in [1.82, 2.24) is 5.32 Å². The second kappa shape index (κ2) is 5.51. The number of morpholine rings is 1. The molecule has 106 valence electrons. The number of benzene rings is 1. The molecule has 2 unspecified atom stereocenters. The van der Waals surface area contributed by atoms with Crippen LogP contribution in [0.1, 0.15) is 44.9 Å². The molecule has 1 aliphatic rings. The normalized spacial score (nSPS) is 24.3. The SMILES string of the molecule is COc1ccc(C2OCCNC2C)cc1C(C)(C)C. The molecule has 3 heteroatoms. The zero-order chi connectivity index (χ0) is 14.0. The lowest BCUT2D eigenvalue weighted by Crippen LogP contribution is -2.41. The average molecular weight is 263 g/mol. The Morgan fingerprint density at radius 1 is 1.32 bits per heavy atom. The summed E-state index contributed by atoms with van der Waals surface area (Å²) in [5.74, 6) is 0.952. The van der Waals surface area contributed by atoms with E-state index >= 15 is 0 Å². The first-order valence-electron chi connectivity index (χ1n) is 6.97. The van der Waals surface area contributed by atoms with E-state index in [1.165, 1.54) is 11.1 Å². The Morgan fingerprint density at radius 3 is 2.63 bits per heavy atom. The Hall–Kier alpha value is -1.06. The van der Waals surface area contributed by atoms with Crippen LogP contribution in [0.25, 0.3) is 0 Å². The van der Waals surface area contributed by atoms with E-state index in [9.17, 15) is 0 Å². The van der Waals surface area contributed by atoms with E-state index in [4.69, 9.17) is 9.47 Å². The van der Waals surface area contributed by atoms with Gasteiger partial charge in [0, 0.05) is 12.6 Å². The monoisotopic (exact) mass is 263 g/mol. The number of nitrogens with one attached hydrogen (secondary N) is 1. The van der Waals surface area contributed by atoms with Gasteiger partial charge < -0.3 is 14.8 Å². The minimum atomic E-state index is 0.0622. The number of rotatable bonds is 2. The van der Waals surface area contributed by atoms with Gasteiger partial charge in [-0.15, -0.1) is 0 Å². The molecular weight excluding hydrogens is 238 g/mol. The molecule has 1 heterocycles. The molecule has 1 saturated heterocycles. The molecule has 0 saturated carbocycles. The van der Waals surface area contributed by atoms with Crippen LogP contribution >= 0.6 is 0 Å². The Labute approximate surface area is 116 Å². The zero-order valence-electron chi connectivity index (χ0n) is 12.6. The van der Waals surface area contributed by atoms with Gasteiger partial charge >= 0.3 is 0 Å². The summed E-state index contributed by atoms with van der Waals surface area (Å²) in [6.45, 7) is 10.5. The molecule has 1 aliphatic heterocycles. The number of ether oxygens (including phenoxy) is 2. The van der Waals surface area contributed by atoms with Crippen LogP contribution in [-0.4, -0.2) is 26.3 Å². The molecule has 2 rings (SSSR count). The van der Waals surface area contributed by atoms with Crippen molar-refractivity contribution in [3.8, 4) is 5.75 Å². The molecule has 0 aliphatic carbocycles. The lowest BCUT2D eigenvalue weighted by molar-refractivity contribution is -0.000321. The summed E-state index contributed by atoms with van der Waals surface area (Å²) in [7, 11) is 1.73. The maximum atomic E-state index is 5.91. The molecule has 2 atom stereocenters. The van der Waals surface area contributed by atoms with Crippen LogP contribution in [0.4, 0.5) is 0 Å². The van der Waals surface area contributed by atoms with Crippen LogP contribution in [0.5, 0.6) is 5.75 Å². The largest absolute Gasteiger partial charge is 0.496 e. The fraction of sp³-hybridized carbons (Fsp3) is 0.625. The van der Waals surface area contributed by atoms with Crippen molar-refractivity contribution in [3.63, 3.8) is 0 Å². The lowest BCUT2D eigenvalue weighted by atomic mass is 9.84. The second-order valence-corrected chi connectivity index (χ2v) is 6.24. The summed E-state index contributed by atoms with van der Waals surface area (Å²) in [6.07, 6.45) is 0.126. The summed E-state index contributed by atoms with van der Waals surface area (Å²) in [4.78, 5) is 0. The van der Waals surface area contributed by atoms with E-state index in [1.807, 2.05) is 0 Å². The van der Waals surface area contributed by atoms with Gasteiger partial charge in [0.25, 0.3) is 0 Å². The number of hydrogen-bond acceptors (Lipinski definition) is 3. The van der Waals surface area contributed by atoms with Crippen molar-refractivity contribution in [2.24, 2.45) is 0 Å². The van der Waals surface area contributed by atoms with Crippen LogP contribution < -0.4 is 10.1 Å². The Kier molecular flexibility index (Phi) is 4.16. The van der Waals surface area contributed by atoms with Crippen molar-refractivity contribution in [1.29, 1.82) is 0 Å². The highest BCUT2D eigenvalue weighted by Gasteiger charge is 2.26. The molecule has 1 aromatic rings. The van der Waals surface area contributed by atoms with Gasteiger partial charge in [-0.05, 0) is 35.6 Å². The molecule has 0 spiro atoms. The fourth-order valence-corrected chi connectivity index (χ4v) is 2.60. The zero-order valence-corrected chi connectivity index (χ0v) is 12.6. The summed E-state index contributed by atoms with van der Waals surface area (Å²) in [5.41, 5.74) is 2.52. The molecule has 0 amide bonds. The average Bonchev–Trinajstić information content (AvgIpc) is 2.37. The molecule has 1 fully saturated rings. The van der Waals surface area contributed by atoms with E-state index in [-0.39, 0.29) is 11.5 Å². The van der Waals surface area contributed by atoms with Crippen LogP contribution in [0.15, 0.2) is 18.2 Å². The van der Waals surface area contributed by atoms with Gasteiger partial charge in [0.1, 0.15) is 5.75 Å². The predicted octanol–water partition coefficient (Wildman–Crippen LogP) is 3.04. The molecular formula is C16H25NO2. The van der Waals surface area contributed by atoms with Crippen LogP contribution in [-0.2, 0) is 10.2 Å². The Bertz CT molecular complexity index is 437. The molecule has 0 bridgehead atoms. The Balaban J connectivity index is 2.37. The van der Waals surface area contributed by atoms with Gasteiger partial charge in [-0.25, -0.2) is 0 Å². The van der Waals surface area contributed by atoms with Gasteiger partial charge in [0.05, 0.1) is 19.8 Å². The minimum Gasteiger partial charge on any atom is -0.496 e. The highest BCUT2D eigenvalue weighted by atomic mass is 16.5. The maximum absolute atomic E-state index is 5.91. The van der Waals surface area contributed by atoms with Crippen molar-refractivity contribution in [2.75, 3.05) is 20.3 Å². The molecule has 0 radical (unpaired) electrons. The van der Waals surface area contributed by atoms with Gasteiger partial charge in [-0.3, -0.25) is 0 Å². The minimum absolute atomic E-state index is 0.0622. The quantitative estimate of drug-likeness (QED) is 0.889. The molecule has 19 heavy (non-hydrogen) atoms. The Morgan fingerprint density at radius 2 is 2.05 bits per heavy atom. The van der Waals surface area contributed by atoms with Gasteiger partial charge in [-0.2, -0.15) is 0 Å². The van der Waals surface area contributed by atoms with E-state index in [1.54, 1.807) is 7.11 Å². The predicted molar refractivity (Wildman–Crippen MR) is 77.9 cm³/mol. The highest BCUT2D eigenvalue weighted by molar-refractivity contribution is 5.42. The van der Waals surface area contributed by atoms with Gasteiger partial charge in [-0.1, -0.05) is 26.8 Å². The number of methoxy groups -OCH3 is 1. The third-order valence-corrected chi connectivity index (χ3v) is 3.68. The highest BCUT2D eigenvalue weighted by Crippen LogP contribution is 2.35. The van der Waals surface area contributed by atoms with Crippen molar-refractivity contribution in [3.05, 3.63) is 29.3 Å². The first-order valence-corrected chi connectivity index (χ1v) is 6.97. The summed E-state index contributed by atoms with van der Waals surface area (Å²) >= 11 is 0. The van der Waals surface area contributed by atoms with E-state index in [2.05, 4.69) is 51.2 Å². The van der Waals surface area contributed by atoms with E-state index < -0.39 is 0 Å². The van der Waals surface area contributed by atoms with Crippen LogP contribution in [0.3, 0.4) is 0 Å². The van der Waals surface area contributed by atoms with Crippen LogP contribution in [0.2, 0.25) is 0 Å². The topological polar surface area (TPSA) is 30.5 Å². The third-order valence-electron chi connectivity index (χ3n) is 3.68. The van der Waals surface area contributed by atoms with Gasteiger partial charge in [0.2, 0.25) is 0 Å². The molecule has 0 aromatic heterocycles. The van der Waals surface area contributed by atoms with Gasteiger partial charge in [0.15, 0.2) is 0 Å². The van der Waals surface area contributed by atoms with Crippen LogP contribution in [0, 0.1) is 0 Å². The molecule has 1 aromatic carbocycles. The maximum Gasteiger partial charge on any atom is 0.122 e. The lowest BCUT2D eigenvalue weighted by Gasteiger charge is -2.32. The van der Waals surface area contributed by atoms with Crippen molar-refractivity contribution >= 4 is 0 Å². The second-order valence-electron chi connectivity index (χ2n) is 6.24. The van der Waals surface area contributed by atoms with Crippen molar-refractivity contribution in [2.45, 2.75) is 45.3 Å². The summed E-state index contributed by atoms with van der Waals surface area (Å²) < 4.78 is 11.4. The summed E-state index contributed by atoms with van der Waals surface area (Å²) in [6, 6.07) is 6.74. The van der Waals surface area contributed by atoms with Crippen molar-refractivity contribution < 1.29 is 9.47 Å². The van der Waals surface area contributed by atoms with E-state index in [0.717, 1.165) is 18.9 Å². The first kappa shape index (κ1) is 14.4.